The van der Waals surface area contributed by atoms with Crippen LogP contribution in [0.2, 0.25) is 5.02 Å². The third-order valence-corrected chi connectivity index (χ3v) is 5.31. The molecule has 0 bridgehead atoms. The van der Waals surface area contributed by atoms with Crippen molar-refractivity contribution in [2.75, 3.05) is 0 Å². The first-order valence-electron chi connectivity index (χ1n) is 9.31. The van der Waals surface area contributed by atoms with Gasteiger partial charge in [0.1, 0.15) is 5.75 Å². The van der Waals surface area contributed by atoms with Crippen molar-refractivity contribution < 1.29 is 13.9 Å². The van der Waals surface area contributed by atoms with Gasteiger partial charge in [-0.2, -0.15) is 0 Å². The third-order valence-electron chi connectivity index (χ3n) is 5.06. The molecule has 1 fully saturated rings. The lowest BCUT2D eigenvalue weighted by Crippen LogP contribution is -2.42. The lowest BCUT2D eigenvalue weighted by Gasteiger charge is -2.23. The highest BCUT2D eigenvalue weighted by Gasteiger charge is 2.39. The number of para-hydroxylation sites is 1. The third kappa shape index (κ3) is 3.36. The Kier molecular flexibility index (Phi) is 4.28. The normalized spacial score (nSPS) is 17.8. The van der Waals surface area contributed by atoms with E-state index in [-0.39, 0.29) is 11.9 Å². The second-order valence-electron chi connectivity index (χ2n) is 7.12. The smallest absolute Gasteiger partial charge is 0.264 e. The van der Waals surface area contributed by atoms with E-state index in [1.54, 1.807) is 12.1 Å². The Morgan fingerprint density at radius 2 is 1.89 bits per heavy atom. The molecule has 1 aliphatic carbocycles. The molecule has 0 spiro atoms. The number of ether oxygens (including phenoxy) is 1. The van der Waals surface area contributed by atoms with E-state index in [0.717, 1.165) is 29.7 Å². The van der Waals surface area contributed by atoms with E-state index in [1.165, 1.54) is 0 Å². The van der Waals surface area contributed by atoms with E-state index in [4.69, 9.17) is 20.8 Å². The van der Waals surface area contributed by atoms with Gasteiger partial charge in [-0.05, 0) is 48.7 Å². The zero-order valence-corrected chi connectivity index (χ0v) is 15.8. The molecule has 142 valence electrons. The molecule has 2 aromatic carbocycles. The Hall–Kier alpha value is -2.86. The standard InChI is InChI=1S/C21H18ClN3O3/c22-15-7-5-13(6-8-15)20-24-23-19(28-20)12-25(16-9-10-16)21(26)18-11-14-3-1-2-4-17(14)27-18/h1-8,16,18H,9-12H2. The van der Waals surface area contributed by atoms with Crippen LogP contribution in [0.25, 0.3) is 11.5 Å². The van der Waals surface area contributed by atoms with Crippen LogP contribution in [0.1, 0.15) is 24.3 Å². The molecule has 7 heteroatoms. The van der Waals surface area contributed by atoms with Gasteiger partial charge in [0.05, 0.1) is 6.54 Å². The molecule has 28 heavy (non-hydrogen) atoms. The summed E-state index contributed by atoms with van der Waals surface area (Å²) in [4.78, 5) is 14.9. The molecule has 0 radical (unpaired) electrons. The fourth-order valence-corrected chi connectivity index (χ4v) is 3.58. The van der Waals surface area contributed by atoms with Gasteiger partial charge in [0.2, 0.25) is 11.8 Å². The minimum atomic E-state index is -0.489. The molecule has 6 nitrogen and oxygen atoms in total. The summed E-state index contributed by atoms with van der Waals surface area (Å²) >= 11 is 5.92. The molecule has 5 rings (SSSR count). The molecule has 1 unspecified atom stereocenters. The molecule has 1 saturated carbocycles. The number of rotatable bonds is 5. The predicted octanol–water partition coefficient (Wildman–Crippen LogP) is 3.88. The van der Waals surface area contributed by atoms with Crippen molar-refractivity contribution in [1.82, 2.24) is 15.1 Å². The van der Waals surface area contributed by atoms with Crippen LogP contribution in [0, 0.1) is 0 Å². The molecule has 1 amide bonds. The maximum atomic E-state index is 13.1. The van der Waals surface area contributed by atoms with Crippen LogP contribution >= 0.6 is 11.6 Å². The van der Waals surface area contributed by atoms with Crippen LogP contribution in [0.5, 0.6) is 5.75 Å². The van der Waals surface area contributed by atoms with Crippen LogP contribution in [-0.2, 0) is 17.8 Å². The molecular formula is C21H18ClN3O3. The Morgan fingerprint density at radius 1 is 1.11 bits per heavy atom. The maximum absolute atomic E-state index is 13.1. The average Bonchev–Trinajstić information content (AvgIpc) is 3.28. The molecule has 0 saturated heterocycles. The number of amides is 1. The molecule has 2 aliphatic rings. The van der Waals surface area contributed by atoms with E-state index >= 15 is 0 Å². The summed E-state index contributed by atoms with van der Waals surface area (Å²) in [6.45, 7) is 0.292. The highest BCUT2D eigenvalue weighted by atomic mass is 35.5. The number of carbonyl (C=O) groups is 1. The largest absolute Gasteiger partial charge is 0.480 e. The Bertz CT molecular complexity index is 989. The topological polar surface area (TPSA) is 68.5 Å². The minimum absolute atomic E-state index is 0.0232. The number of hydrogen-bond donors (Lipinski definition) is 0. The van der Waals surface area contributed by atoms with Gasteiger partial charge in [0.15, 0.2) is 6.10 Å². The molecule has 3 aromatic rings. The number of fused-ring (bicyclic) bond motifs is 1. The van der Waals surface area contributed by atoms with Gasteiger partial charge in [0, 0.05) is 23.0 Å². The first-order chi connectivity index (χ1) is 13.7. The van der Waals surface area contributed by atoms with Crippen LogP contribution < -0.4 is 4.74 Å². The van der Waals surface area contributed by atoms with E-state index < -0.39 is 6.10 Å². The molecule has 1 aliphatic heterocycles. The van der Waals surface area contributed by atoms with Gasteiger partial charge in [-0.3, -0.25) is 4.79 Å². The molecular weight excluding hydrogens is 378 g/mol. The summed E-state index contributed by atoms with van der Waals surface area (Å²) in [6.07, 6.45) is 2.09. The SMILES string of the molecule is O=C(C1Cc2ccccc2O1)N(Cc1nnc(-c2ccc(Cl)cc2)o1)C1CC1. The zero-order chi connectivity index (χ0) is 19.1. The summed E-state index contributed by atoms with van der Waals surface area (Å²) in [5, 5.41) is 8.88. The van der Waals surface area contributed by atoms with E-state index in [2.05, 4.69) is 10.2 Å². The van der Waals surface area contributed by atoms with Gasteiger partial charge in [-0.1, -0.05) is 29.8 Å². The predicted molar refractivity (Wildman–Crippen MR) is 103 cm³/mol. The summed E-state index contributed by atoms with van der Waals surface area (Å²) in [5.41, 5.74) is 1.86. The quantitative estimate of drug-likeness (QED) is 0.655. The average molecular weight is 396 g/mol. The van der Waals surface area contributed by atoms with Crippen molar-refractivity contribution in [2.24, 2.45) is 0 Å². The van der Waals surface area contributed by atoms with Gasteiger partial charge >= 0.3 is 0 Å². The lowest BCUT2D eigenvalue weighted by molar-refractivity contribution is -0.139. The first-order valence-corrected chi connectivity index (χ1v) is 9.68. The zero-order valence-electron chi connectivity index (χ0n) is 15.0. The van der Waals surface area contributed by atoms with Crippen molar-refractivity contribution >= 4 is 17.5 Å². The molecule has 1 aromatic heterocycles. The fourth-order valence-electron chi connectivity index (χ4n) is 3.45. The van der Waals surface area contributed by atoms with Crippen molar-refractivity contribution in [3.05, 3.63) is 65.0 Å². The second-order valence-corrected chi connectivity index (χ2v) is 7.56. The Morgan fingerprint density at radius 3 is 2.64 bits per heavy atom. The van der Waals surface area contributed by atoms with Gasteiger partial charge in [0.25, 0.3) is 5.91 Å². The summed E-state index contributed by atoms with van der Waals surface area (Å²) < 4.78 is 11.7. The first kappa shape index (κ1) is 17.3. The van der Waals surface area contributed by atoms with Crippen LogP contribution in [0.3, 0.4) is 0 Å². The maximum Gasteiger partial charge on any atom is 0.264 e. The van der Waals surface area contributed by atoms with E-state index in [1.807, 2.05) is 41.3 Å². The number of aromatic nitrogens is 2. The Balaban J connectivity index is 1.32. The van der Waals surface area contributed by atoms with Gasteiger partial charge in [-0.25, -0.2) is 0 Å². The fraction of sp³-hybridized carbons (Fsp3) is 0.286. The summed E-state index contributed by atoms with van der Waals surface area (Å²) in [5.74, 6) is 1.60. The number of carbonyl (C=O) groups excluding carboxylic acids is 1. The van der Waals surface area contributed by atoms with Gasteiger partial charge < -0.3 is 14.1 Å². The van der Waals surface area contributed by atoms with Crippen molar-refractivity contribution in [1.29, 1.82) is 0 Å². The molecule has 2 heterocycles. The highest BCUT2D eigenvalue weighted by Crippen LogP contribution is 2.33. The van der Waals surface area contributed by atoms with E-state index in [0.29, 0.717) is 29.8 Å². The number of benzene rings is 2. The summed E-state index contributed by atoms with van der Waals surface area (Å²) in [6, 6.07) is 15.2. The second kappa shape index (κ2) is 6.95. The Labute approximate surface area is 167 Å². The number of nitrogens with zero attached hydrogens (tertiary/aromatic N) is 3. The number of halogens is 1. The minimum Gasteiger partial charge on any atom is -0.480 e. The van der Waals surface area contributed by atoms with Crippen LogP contribution in [0.4, 0.5) is 0 Å². The van der Waals surface area contributed by atoms with Crippen molar-refractivity contribution in [2.45, 2.75) is 38.0 Å². The van der Waals surface area contributed by atoms with Crippen LogP contribution in [-0.4, -0.2) is 33.2 Å². The highest BCUT2D eigenvalue weighted by molar-refractivity contribution is 6.30. The monoisotopic (exact) mass is 395 g/mol. The van der Waals surface area contributed by atoms with Gasteiger partial charge in [-0.15, -0.1) is 10.2 Å². The van der Waals surface area contributed by atoms with Crippen molar-refractivity contribution in [3.63, 3.8) is 0 Å². The van der Waals surface area contributed by atoms with Crippen LogP contribution in [0.15, 0.2) is 52.9 Å². The van der Waals surface area contributed by atoms with E-state index in [9.17, 15) is 4.79 Å². The molecule has 1 atom stereocenters. The number of hydrogen-bond acceptors (Lipinski definition) is 5. The lowest BCUT2D eigenvalue weighted by atomic mass is 10.1. The summed E-state index contributed by atoms with van der Waals surface area (Å²) in [7, 11) is 0. The van der Waals surface area contributed by atoms with Crippen molar-refractivity contribution in [3.8, 4) is 17.2 Å². The molecule has 0 N–H and O–H groups in total.